The predicted octanol–water partition coefficient (Wildman–Crippen LogP) is 9.25. The van der Waals surface area contributed by atoms with Gasteiger partial charge < -0.3 is 4.57 Å². The van der Waals surface area contributed by atoms with Crippen molar-refractivity contribution in [2.24, 2.45) is 0 Å². The van der Waals surface area contributed by atoms with E-state index in [1.165, 1.54) is 63.0 Å². The molecule has 0 bridgehead atoms. The van der Waals surface area contributed by atoms with Gasteiger partial charge in [0.15, 0.2) is 0 Å². The van der Waals surface area contributed by atoms with Gasteiger partial charge in [-0.2, -0.15) is 0 Å². The Labute approximate surface area is 191 Å². The Morgan fingerprint density at radius 1 is 0.645 bits per heavy atom. The monoisotopic (exact) mass is 451 g/mol. The van der Waals surface area contributed by atoms with E-state index in [2.05, 4.69) is 95.0 Å². The molecule has 0 aliphatic rings. The van der Waals surface area contributed by atoms with E-state index in [4.69, 9.17) is 0 Å². The summed E-state index contributed by atoms with van der Waals surface area (Å²) in [5.74, 6) is 0. The highest BCUT2D eigenvalue weighted by Crippen LogP contribution is 2.48. The first-order valence-corrected chi connectivity index (χ1v) is 12.8. The molecule has 0 aliphatic carbocycles. The summed E-state index contributed by atoms with van der Waals surface area (Å²) >= 11 is 5.72. The van der Waals surface area contributed by atoms with Crippen LogP contribution in [0.4, 0.5) is 0 Å². The van der Waals surface area contributed by atoms with Crippen LogP contribution in [0.25, 0.3) is 57.4 Å². The van der Waals surface area contributed by atoms with Crippen molar-refractivity contribution in [1.29, 1.82) is 0 Å². The molecule has 3 aromatic carbocycles. The minimum atomic E-state index is 1.20. The normalized spacial score (nSPS) is 12.0. The maximum absolute atomic E-state index is 2.39. The van der Waals surface area contributed by atoms with Gasteiger partial charge in [-0.1, -0.05) is 42.5 Å². The smallest absolute Gasteiger partial charge is 0.0635 e. The van der Waals surface area contributed by atoms with Gasteiger partial charge in [0.25, 0.3) is 0 Å². The molecule has 4 aromatic heterocycles. The minimum absolute atomic E-state index is 1.20. The first-order chi connectivity index (χ1) is 15.3. The molecule has 0 unspecified atom stereocenters. The van der Waals surface area contributed by atoms with Gasteiger partial charge in [-0.25, -0.2) is 0 Å². The molecule has 4 heteroatoms. The molecule has 0 spiro atoms. The van der Waals surface area contributed by atoms with Crippen LogP contribution in [-0.2, 0) is 0 Å². The van der Waals surface area contributed by atoms with Crippen molar-refractivity contribution in [2.45, 2.75) is 6.92 Å². The van der Waals surface area contributed by atoms with Crippen molar-refractivity contribution < 1.29 is 0 Å². The summed E-state index contributed by atoms with van der Waals surface area (Å²) in [6, 6.07) is 26.4. The number of nitrogens with zero attached hydrogens (tertiary/aromatic N) is 1. The lowest BCUT2D eigenvalue weighted by atomic mass is 10.0. The lowest BCUT2D eigenvalue weighted by molar-refractivity contribution is 1.18. The number of hydrogen-bond donors (Lipinski definition) is 0. The van der Waals surface area contributed by atoms with Gasteiger partial charge in [-0.3, -0.25) is 0 Å². The second-order valence-corrected chi connectivity index (χ2v) is 10.7. The van der Waals surface area contributed by atoms with E-state index in [1.54, 1.807) is 0 Å². The number of fused-ring (bicyclic) bond motifs is 6. The van der Waals surface area contributed by atoms with E-state index in [9.17, 15) is 0 Å². The third-order valence-corrected chi connectivity index (χ3v) is 9.93. The van der Waals surface area contributed by atoms with Crippen molar-refractivity contribution >= 4 is 74.6 Å². The highest BCUT2D eigenvalue weighted by molar-refractivity contribution is 7.38. The number of aryl methyl sites for hydroxylation is 1. The van der Waals surface area contributed by atoms with E-state index >= 15 is 0 Å². The van der Waals surface area contributed by atoms with Crippen molar-refractivity contribution in [2.75, 3.05) is 0 Å². The van der Waals surface area contributed by atoms with Crippen LogP contribution in [0.2, 0.25) is 0 Å². The van der Waals surface area contributed by atoms with Gasteiger partial charge >= 0.3 is 0 Å². The predicted molar refractivity (Wildman–Crippen MR) is 140 cm³/mol. The molecule has 0 aliphatic heterocycles. The largest absolute Gasteiger partial charge is 0.309 e. The summed E-state index contributed by atoms with van der Waals surface area (Å²) in [6.07, 6.45) is 0. The molecule has 1 nitrogen and oxygen atoms in total. The topological polar surface area (TPSA) is 4.93 Å². The molecular formula is C27H17NS3. The highest BCUT2D eigenvalue weighted by atomic mass is 32.1. The molecule has 7 aromatic rings. The number of benzene rings is 3. The van der Waals surface area contributed by atoms with Gasteiger partial charge in [0.1, 0.15) is 0 Å². The number of para-hydroxylation sites is 2. The Bertz CT molecular complexity index is 1740. The fourth-order valence-electron chi connectivity index (χ4n) is 4.62. The van der Waals surface area contributed by atoms with Crippen LogP contribution in [0.5, 0.6) is 0 Å². The first-order valence-electron chi connectivity index (χ1n) is 10.3. The molecule has 0 amide bonds. The van der Waals surface area contributed by atoms with E-state index in [0.29, 0.717) is 0 Å². The van der Waals surface area contributed by atoms with Crippen LogP contribution in [0, 0.1) is 6.92 Å². The quantitative estimate of drug-likeness (QED) is 0.247. The van der Waals surface area contributed by atoms with Gasteiger partial charge in [0.2, 0.25) is 0 Å². The minimum Gasteiger partial charge on any atom is -0.309 e. The van der Waals surface area contributed by atoms with Gasteiger partial charge in [-0.15, -0.1) is 34.0 Å². The molecule has 4 heterocycles. The summed E-state index contributed by atoms with van der Waals surface area (Å²) in [6.45, 7) is 2.23. The number of thiophene rings is 3. The van der Waals surface area contributed by atoms with Crippen molar-refractivity contribution in [1.82, 2.24) is 4.57 Å². The van der Waals surface area contributed by atoms with Crippen molar-refractivity contribution in [3.05, 3.63) is 89.1 Å². The second kappa shape index (κ2) is 6.54. The highest BCUT2D eigenvalue weighted by Gasteiger charge is 2.17. The molecular weight excluding hydrogens is 435 g/mol. The van der Waals surface area contributed by atoms with Crippen molar-refractivity contribution in [3.8, 4) is 16.8 Å². The van der Waals surface area contributed by atoms with E-state index in [0.717, 1.165) is 0 Å². The Balaban J connectivity index is 1.52. The Hall–Kier alpha value is -2.92. The lowest BCUT2D eigenvalue weighted by Gasteiger charge is -2.07. The fourth-order valence-corrected chi connectivity index (χ4v) is 8.63. The van der Waals surface area contributed by atoms with Gasteiger partial charge in [0, 0.05) is 27.4 Å². The molecule has 0 radical (unpaired) electrons. The van der Waals surface area contributed by atoms with Crippen LogP contribution < -0.4 is 0 Å². The summed E-state index contributed by atoms with van der Waals surface area (Å²) in [5.41, 5.74) is 7.79. The lowest BCUT2D eigenvalue weighted by Crippen LogP contribution is -1.92. The number of aromatic nitrogens is 1. The third-order valence-electron chi connectivity index (χ3n) is 6.07. The summed E-state index contributed by atoms with van der Waals surface area (Å²) < 4.78 is 8.16. The average Bonchev–Trinajstić information content (AvgIpc) is 3.54. The molecule has 0 N–H and O–H groups in total. The maximum atomic E-state index is 2.39. The number of rotatable bonds is 2. The Morgan fingerprint density at radius 3 is 2.29 bits per heavy atom. The summed E-state index contributed by atoms with van der Waals surface area (Å²) in [4.78, 5) is 0. The second-order valence-electron chi connectivity index (χ2n) is 7.91. The first kappa shape index (κ1) is 17.7. The molecule has 0 atom stereocenters. The van der Waals surface area contributed by atoms with Crippen LogP contribution in [0.15, 0.2) is 83.6 Å². The van der Waals surface area contributed by atoms with Gasteiger partial charge in [0.05, 0.1) is 29.8 Å². The Kier molecular flexibility index (Phi) is 3.74. The molecule has 7 rings (SSSR count). The third kappa shape index (κ3) is 2.47. The van der Waals surface area contributed by atoms with Crippen molar-refractivity contribution in [3.63, 3.8) is 0 Å². The summed E-state index contributed by atoms with van der Waals surface area (Å²) in [5, 5.41) is 7.24. The van der Waals surface area contributed by atoms with Crippen LogP contribution in [0.1, 0.15) is 5.56 Å². The van der Waals surface area contributed by atoms with Crippen LogP contribution in [-0.4, -0.2) is 4.57 Å². The zero-order chi connectivity index (χ0) is 20.5. The standard InChI is InChI=1S/C27H17NS3/c1-16-14-29-26-24(16)31-25-21(15-30-27(25)26)17-11-12-23-20(13-17)19-9-5-6-10-22(19)28(23)18-7-3-2-4-8-18/h2-15H,1H3. The zero-order valence-corrected chi connectivity index (χ0v) is 19.2. The number of hydrogen-bond acceptors (Lipinski definition) is 3. The average molecular weight is 452 g/mol. The molecule has 0 saturated carbocycles. The summed E-state index contributed by atoms with van der Waals surface area (Å²) in [7, 11) is 0. The maximum Gasteiger partial charge on any atom is 0.0635 e. The molecule has 0 fully saturated rings. The molecule has 148 valence electrons. The van der Waals surface area contributed by atoms with Crippen LogP contribution in [0.3, 0.4) is 0 Å². The molecule has 31 heavy (non-hydrogen) atoms. The van der Waals surface area contributed by atoms with E-state index in [1.807, 2.05) is 34.0 Å². The fraction of sp³-hybridized carbons (Fsp3) is 0.0370. The van der Waals surface area contributed by atoms with Gasteiger partial charge in [-0.05, 0) is 53.8 Å². The zero-order valence-electron chi connectivity index (χ0n) is 16.8. The van der Waals surface area contributed by atoms with E-state index in [-0.39, 0.29) is 0 Å². The van der Waals surface area contributed by atoms with Crippen LogP contribution >= 0.6 is 34.0 Å². The molecule has 0 saturated heterocycles. The SMILES string of the molecule is Cc1csc2c1sc1c(-c3ccc4c(c3)c3ccccc3n4-c3ccccc3)csc12. The van der Waals surface area contributed by atoms with E-state index < -0.39 is 0 Å². The Morgan fingerprint density at radius 2 is 1.39 bits per heavy atom.